The lowest BCUT2D eigenvalue weighted by Crippen LogP contribution is -2.39. The molecule has 0 spiro atoms. The molecule has 0 N–H and O–H groups in total. The minimum atomic E-state index is -3.98. The number of nitrogens with zero attached hydrogens (tertiary/aromatic N) is 1. The van der Waals surface area contributed by atoms with Crippen molar-refractivity contribution in [1.29, 1.82) is 0 Å². The Morgan fingerprint density at radius 2 is 1.73 bits per heavy atom. The molecule has 1 aliphatic heterocycles. The zero-order valence-electron chi connectivity index (χ0n) is 9.48. The molecule has 1 aliphatic rings. The minimum Gasteiger partial charge on any atom is -0.303 e. The summed E-state index contributed by atoms with van der Waals surface area (Å²) in [5.41, 5.74) is 0. The Kier molecular flexibility index (Phi) is 4.44. The standard InChI is InChI=1S/C11H20F3N/c1-9(2)3-6-15-7-4-10(5-8-15)11(12,13)14/h9-10H,3-8H2,1-2H3. The molecule has 1 rings (SSSR count). The fraction of sp³-hybridized carbons (Fsp3) is 1.00. The van der Waals surface area contributed by atoms with Gasteiger partial charge in [0.15, 0.2) is 0 Å². The third-order valence-corrected chi connectivity index (χ3v) is 3.07. The van der Waals surface area contributed by atoms with Crippen LogP contribution < -0.4 is 0 Å². The maximum Gasteiger partial charge on any atom is 0.391 e. The molecule has 0 atom stereocenters. The van der Waals surface area contributed by atoms with Crippen LogP contribution in [-0.4, -0.2) is 30.7 Å². The topological polar surface area (TPSA) is 3.24 Å². The lowest BCUT2D eigenvalue weighted by molar-refractivity contribution is -0.185. The molecule has 1 saturated heterocycles. The van der Waals surface area contributed by atoms with Crippen molar-refractivity contribution < 1.29 is 13.2 Å². The maximum atomic E-state index is 12.4. The van der Waals surface area contributed by atoms with Gasteiger partial charge in [0.25, 0.3) is 0 Å². The maximum absolute atomic E-state index is 12.4. The molecular formula is C11H20F3N. The van der Waals surface area contributed by atoms with E-state index in [0.717, 1.165) is 13.0 Å². The van der Waals surface area contributed by atoms with E-state index in [1.807, 2.05) is 0 Å². The lowest BCUT2D eigenvalue weighted by Gasteiger charge is -2.33. The highest BCUT2D eigenvalue weighted by Gasteiger charge is 2.40. The molecule has 0 bridgehead atoms. The van der Waals surface area contributed by atoms with E-state index in [1.165, 1.54) is 0 Å². The van der Waals surface area contributed by atoms with Gasteiger partial charge in [-0.25, -0.2) is 0 Å². The second-order valence-corrected chi connectivity index (χ2v) is 4.84. The molecule has 0 aromatic heterocycles. The van der Waals surface area contributed by atoms with Gasteiger partial charge in [0.2, 0.25) is 0 Å². The molecule has 1 heterocycles. The van der Waals surface area contributed by atoms with Crippen molar-refractivity contribution in [2.75, 3.05) is 19.6 Å². The number of rotatable bonds is 3. The zero-order valence-corrected chi connectivity index (χ0v) is 9.48. The van der Waals surface area contributed by atoms with Gasteiger partial charge in [0.05, 0.1) is 5.92 Å². The Bertz CT molecular complexity index is 181. The molecule has 90 valence electrons. The Morgan fingerprint density at radius 1 is 1.20 bits per heavy atom. The van der Waals surface area contributed by atoms with Crippen LogP contribution >= 0.6 is 0 Å². The van der Waals surface area contributed by atoms with Crippen molar-refractivity contribution in [3.8, 4) is 0 Å². The second-order valence-electron chi connectivity index (χ2n) is 4.84. The normalized spacial score (nSPS) is 21.2. The van der Waals surface area contributed by atoms with E-state index in [1.54, 1.807) is 0 Å². The molecule has 0 saturated carbocycles. The van der Waals surface area contributed by atoms with Crippen LogP contribution in [0.5, 0.6) is 0 Å². The number of hydrogen-bond acceptors (Lipinski definition) is 1. The Balaban J connectivity index is 2.24. The summed E-state index contributed by atoms with van der Waals surface area (Å²) in [6.45, 7) is 6.45. The molecule has 0 radical (unpaired) electrons. The zero-order chi connectivity index (χ0) is 11.5. The van der Waals surface area contributed by atoms with Crippen LogP contribution in [0.15, 0.2) is 0 Å². The van der Waals surface area contributed by atoms with E-state index in [-0.39, 0.29) is 12.8 Å². The number of piperidine rings is 1. The smallest absolute Gasteiger partial charge is 0.303 e. The first-order valence-electron chi connectivity index (χ1n) is 5.68. The molecule has 0 amide bonds. The predicted octanol–water partition coefficient (Wildman–Crippen LogP) is 3.31. The van der Waals surface area contributed by atoms with Crippen molar-refractivity contribution >= 4 is 0 Å². The van der Waals surface area contributed by atoms with Crippen LogP contribution in [0.25, 0.3) is 0 Å². The molecule has 0 aromatic carbocycles. The highest BCUT2D eigenvalue weighted by Crippen LogP contribution is 2.34. The van der Waals surface area contributed by atoms with Gasteiger partial charge in [-0.05, 0) is 44.8 Å². The molecular weight excluding hydrogens is 203 g/mol. The van der Waals surface area contributed by atoms with Gasteiger partial charge in [-0.1, -0.05) is 13.8 Å². The van der Waals surface area contributed by atoms with Gasteiger partial charge in [0.1, 0.15) is 0 Å². The van der Waals surface area contributed by atoms with Gasteiger partial charge in [0, 0.05) is 0 Å². The molecule has 15 heavy (non-hydrogen) atoms. The van der Waals surface area contributed by atoms with Crippen molar-refractivity contribution in [1.82, 2.24) is 4.90 Å². The fourth-order valence-corrected chi connectivity index (χ4v) is 1.92. The first kappa shape index (κ1) is 12.8. The SMILES string of the molecule is CC(C)CCN1CCC(C(F)(F)F)CC1. The third kappa shape index (κ3) is 4.41. The lowest BCUT2D eigenvalue weighted by atomic mass is 9.96. The van der Waals surface area contributed by atoms with Crippen LogP contribution in [0.2, 0.25) is 0 Å². The minimum absolute atomic E-state index is 0.279. The monoisotopic (exact) mass is 223 g/mol. The summed E-state index contributed by atoms with van der Waals surface area (Å²) in [4.78, 5) is 2.16. The molecule has 4 heteroatoms. The molecule has 0 aromatic rings. The summed E-state index contributed by atoms with van der Waals surface area (Å²) < 4.78 is 37.1. The number of likely N-dealkylation sites (tertiary alicyclic amines) is 1. The largest absolute Gasteiger partial charge is 0.391 e. The summed E-state index contributed by atoms with van der Waals surface area (Å²) in [5, 5.41) is 0. The predicted molar refractivity (Wildman–Crippen MR) is 54.7 cm³/mol. The van der Waals surface area contributed by atoms with Gasteiger partial charge in [-0.3, -0.25) is 0 Å². The van der Waals surface area contributed by atoms with E-state index in [9.17, 15) is 13.2 Å². The van der Waals surface area contributed by atoms with Crippen LogP contribution in [0, 0.1) is 11.8 Å². The van der Waals surface area contributed by atoms with Crippen molar-refractivity contribution in [3.63, 3.8) is 0 Å². The van der Waals surface area contributed by atoms with Gasteiger partial charge in [-0.15, -0.1) is 0 Å². The highest BCUT2D eigenvalue weighted by atomic mass is 19.4. The van der Waals surface area contributed by atoms with Crippen LogP contribution in [0.3, 0.4) is 0 Å². The van der Waals surface area contributed by atoms with Gasteiger partial charge in [-0.2, -0.15) is 13.2 Å². The van der Waals surface area contributed by atoms with Crippen molar-refractivity contribution in [2.24, 2.45) is 11.8 Å². The summed E-state index contributed by atoms with van der Waals surface area (Å²) >= 11 is 0. The van der Waals surface area contributed by atoms with E-state index in [0.29, 0.717) is 19.0 Å². The first-order valence-corrected chi connectivity index (χ1v) is 5.68. The Morgan fingerprint density at radius 3 is 2.13 bits per heavy atom. The van der Waals surface area contributed by atoms with E-state index >= 15 is 0 Å². The van der Waals surface area contributed by atoms with Crippen LogP contribution in [0.1, 0.15) is 33.1 Å². The van der Waals surface area contributed by atoms with Crippen molar-refractivity contribution in [2.45, 2.75) is 39.3 Å². The van der Waals surface area contributed by atoms with Crippen LogP contribution in [-0.2, 0) is 0 Å². The first-order chi connectivity index (χ1) is 6.89. The van der Waals surface area contributed by atoms with Gasteiger partial charge >= 0.3 is 6.18 Å². The number of hydrogen-bond donors (Lipinski definition) is 0. The summed E-state index contributed by atoms with van der Waals surface area (Å²) in [6.07, 6.45) is -2.34. The van der Waals surface area contributed by atoms with E-state index in [2.05, 4.69) is 18.7 Å². The average molecular weight is 223 g/mol. The quantitative estimate of drug-likeness (QED) is 0.709. The molecule has 1 fully saturated rings. The molecule has 0 unspecified atom stereocenters. The fourth-order valence-electron chi connectivity index (χ4n) is 1.92. The average Bonchev–Trinajstić information content (AvgIpc) is 2.14. The van der Waals surface area contributed by atoms with Crippen LogP contribution in [0.4, 0.5) is 13.2 Å². The number of alkyl halides is 3. The van der Waals surface area contributed by atoms with E-state index < -0.39 is 12.1 Å². The highest BCUT2D eigenvalue weighted by molar-refractivity contribution is 4.77. The van der Waals surface area contributed by atoms with E-state index in [4.69, 9.17) is 0 Å². The summed E-state index contributed by atoms with van der Waals surface area (Å²) in [6, 6.07) is 0. The summed E-state index contributed by atoms with van der Waals surface area (Å²) in [7, 11) is 0. The summed E-state index contributed by atoms with van der Waals surface area (Å²) in [5.74, 6) is -0.432. The molecule has 0 aliphatic carbocycles. The molecule has 1 nitrogen and oxygen atoms in total. The third-order valence-electron chi connectivity index (χ3n) is 3.07. The number of halogens is 3. The second kappa shape index (κ2) is 5.19. The van der Waals surface area contributed by atoms with Gasteiger partial charge < -0.3 is 4.90 Å². The Labute approximate surface area is 89.6 Å². The Hall–Kier alpha value is -0.250. The van der Waals surface area contributed by atoms with Crippen molar-refractivity contribution in [3.05, 3.63) is 0 Å².